The minimum absolute atomic E-state index is 0.00864. The van der Waals surface area contributed by atoms with Gasteiger partial charge in [0.25, 0.3) is 11.5 Å². The van der Waals surface area contributed by atoms with Crippen molar-refractivity contribution < 1.29 is 19.1 Å². The molecule has 0 fully saturated rings. The lowest BCUT2D eigenvalue weighted by Crippen LogP contribution is -2.23. The van der Waals surface area contributed by atoms with Gasteiger partial charge < -0.3 is 16.2 Å². The Kier molecular flexibility index (Phi) is 4.92. The van der Waals surface area contributed by atoms with Gasteiger partial charge in [0.1, 0.15) is 12.1 Å². The Morgan fingerprint density at radius 1 is 1.25 bits per heavy atom. The smallest absolute Gasteiger partial charge is 0.358 e. The molecule has 4 rings (SSSR count). The van der Waals surface area contributed by atoms with Gasteiger partial charge in [0.05, 0.1) is 22.5 Å². The van der Waals surface area contributed by atoms with Gasteiger partial charge in [-0.15, -0.1) is 0 Å². The summed E-state index contributed by atoms with van der Waals surface area (Å²) in [6.07, 6.45) is 1.36. The molecule has 4 N–H and O–H groups in total. The van der Waals surface area contributed by atoms with E-state index in [1.807, 2.05) is 13.0 Å². The van der Waals surface area contributed by atoms with Crippen LogP contribution in [0.2, 0.25) is 0 Å². The number of halogens is 1. The number of carbonyl (C=O) groups is 2. The van der Waals surface area contributed by atoms with Crippen LogP contribution in [-0.2, 0) is 7.05 Å². The second-order valence-corrected chi connectivity index (χ2v) is 7.63. The maximum Gasteiger partial charge on any atom is 0.358 e. The van der Waals surface area contributed by atoms with Crippen molar-refractivity contribution in [3.8, 4) is 0 Å². The van der Waals surface area contributed by atoms with E-state index in [4.69, 9.17) is 5.73 Å². The minimum Gasteiger partial charge on any atom is -0.476 e. The first-order valence-electron chi connectivity index (χ1n) is 9.69. The number of imidazole rings is 1. The number of aromatic carboxylic acids is 1. The van der Waals surface area contributed by atoms with E-state index in [-0.39, 0.29) is 22.5 Å². The number of primary amides is 1. The van der Waals surface area contributed by atoms with Crippen molar-refractivity contribution in [1.82, 2.24) is 14.0 Å². The molecule has 0 bridgehead atoms. The lowest BCUT2D eigenvalue weighted by atomic mass is 10.00. The molecule has 10 heteroatoms. The topological polar surface area (TPSA) is 132 Å². The summed E-state index contributed by atoms with van der Waals surface area (Å²) in [5.41, 5.74) is 7.21. The van der Waals surface area contributed by atoms with Crippen molar-refractivity contribution in [2.24, 2.45) is 12.8 Å². The molecule has 2 heterocycles. The number of carboxylic acids is 1. The fourth-order valence-electron chi connectivity index (χ4n) is 3.98. The van der Waals surface area contributed by atoms with Crippen LogP contribution in [0, 0.1) is 12.7 Å². The number of benzene rings is 2. The first-order valence-corrected chi connectivity index (χ1v) is 9.69. The van der Waals surface area contributed by atoms with Crippen molar-refractivity contribution in [2.75, 3.05) is 5.32 Å². The largest absolute Gasteiger partial charge is 0.476 e. The van der Waals surface area contributed by atoms with Crippen LogP contribution in [0.1, 0.15) is 44.9 Å². The Bertz CT molecular complexity index is 1490. The predicted molar refractivity (Wildman–Crippen MR) is 117 cm³/mol. The van der Waals surface area contributed by atoms with Crippen LogP contribution < -0.4 is 16.6 Å². The van der Waals surface area contributed by atoms with Crippen LogP contribution in [0.3, 0.4) is 0 Å². The Labute approximate surface area is 180 Å². The van der Waals surface area contributed by atoms with Crippen molar-refractivity contribution in [1.29, 1.82) is 0 Å². The minimum atomic E-state index is -1.25. The van der Waals surface area contributed by atoms with Crippen LogP contribution in [0.4, 0.5) is 10.1 Å². The summed E-state index contributed by atoms with van der Waals surface area (Å²) in [5.74, 6) is -2.63. The standard InChI is InChI=1S/C22H20FN5O4/c1-10-6-13(11(2)26-16-5-4-12(23)8-14(16)19(24)29)18-15(7-10)21(30)27(3)20-17(22(31)32)25-9-28(18)20/h4-9,11,26H,1-3H3,(H2,24,29)(H,31,32). The first-order chi connectivity index (χ1) is 15.1. The number of nitrogens with zero attached hydrogens (tertiary/aromatic N) is 3. The van der Waals surface area contributed by atoms with Crippen LogP contribution >= 0.6 is 0 Å². The molecule has 1 unspecified atom stereocenters. The lowest BCUT2D eigenvalue weighted by Gasteiger charge is -2.21. The highest BCUT2D eigenvalue weighted by atomic mass is 19.1. The number of hydrogen-bond donors (Lipinski definition) is 3. The highest BCUT2D eigenvalue weighted by molar-refractivity contribution is 5.99. The van der Waals surface area contributed by atoms with E-state index < -0.39 is 23.7 Å². The van der Waals surface area contributed by atoms with Crippen molar-refractivity contribution in [2.45, 2.75) is 19.9 Å². The summed E-state index contributed by atoms with van der Waals surface area (Å²) >= 11 is 0. The van der Waals surface area contributed by atoms with Crippen LogP contribution in [0.15, 0.2) is 41.5 Å². The molecule has 2 aromatic heterocycles. The molecule has 164 valence electrons. The Hall–Kier alpha value is -4.21. The number of anilines is 1. The summed E-state index contributed by atoms with van der Waals surface area (Å²) < 4.78 is 16.4. The first kappa shape index (κ1) is 21.0. The third-order valence-corrected chi connectivity index (χ3v) is 5.41. The molecule has 9 nitrogen and oxygen atoms in total. The Morgan fingerprint density at radius 3 is 2.62 bits per heavy atom. The van der Waals surface area contributed by atoms with Crippen molar-refractivity contribution >= 4 is 34.1 Å². The van der Waals surface area contributed by atoms with Crippen molar-refractivity contribution in [3.63, 3.8) is 0 Å². The fourth-order valence-corrected chi connectivity index (χ4v) is 3.98. The molecular weight excluding hydrogens is 417 g/mol. The van der Waals surface area contributed by atoms with E-state index in [0.717, 1.165) is 11.6 Å². The van der Waals surface area contributed by atoms with Gasteiger partial charge in [-0.1, -0.05) is 6.07 Å². The molecular formula is C22H20FN5O4. The van der Waals surface area contributed by atoms with Crippen LogP contribution in [0.5, 0.6) is 0 Å². The Balaban J connectivity index is 1.98. The molecule has 1 atom stereocenters. The summed E-state index contributed by atoms with van der Waals surface area (Å²) in [6.45, 7) is 3.64. The van der Waals surface area contributed by atoms with Gasteiger partial charge in [-0.3, -0.25) is 18.6 Å². The summed E-state index contributed by atoms with van der Waals surface area (Å²) in [7, 11) is 1.49. The molecule has 0 aliphatic carbocycles. The number of amides is 1. The van der Waals surface area contributed by atoms with Gasteiger partial charge in [0.15, 0.2) is 11.3 Å². The van der Waals surface area contributed by atoms with Gasteiger partial charge in [0, 0.05) is 12.7 Å². The highest BCUT2D eigenvalue weighted by Gasteiger charge is 2.22. The van der Waals surface area contributed by atoms with E-state index in [1.165, 1.54) is 30.1 Å². The molecule has 0 spiro atoms. The molecule has 1 amide bonds. The number of nitrogens with one attached hydrogen (secondary N) is 1. The normalized spacial score (nSPS) is 12.2. The molecule has 0 saturated carbocycles. The molecule has 0 saturated heterocycles. The van der Waals surface area contributed by atoms with E-state index >= 15 is 0 Å². The van der Waals surface area contributed by atoms with Gasteiger partial charge in [0.2, 0.25) is 0 Å². The highest BCUT2D eigenvalue weighted by Crippen LogP contribution is 2.30. The number of carboxylic acid groups (broad SMARTS) is 1. The second kappa shape index (κ2) is 7.49. The quantitative estimate of drug-likeness (QED) is 0.440. The third-order valence-electron chi connectivity index (χ3n) is 5.41. The second-order valence-electron chi connectivity index (χ2n) is 7.63. The number of rotatable bonds is 5. The maximum absolute atomic E-state index is 13.6. The van der Waals surface area contributed by atoms with E-state index in [1.54, 1.807) is 17.4 Å². The molecule has 0 aliphatic heterocycles. The average molecular weight is 437 g/mol. The molecule has 4 aromatic rings. The van der Waals surface area contributed by atoms with Crippen LogP contribution in [0.25, 0.3) is 16.6 Å². The zero-order chi connectivity index (χ0) is 23.3. The number of carbonyl (C=O) groups excluding carboxylic acids is 1. The zero-order valence-corrected chi connectivity index (χ0v) is 17.5. The molecule has 0 radical (unpaired) electrons. The van der Waals surface area contributed by atoms with Gasteiger partial charge in [-0.2, -0.15) is 0 Å². The van der Waals surface area contributed by atoms with Gasteiger partial charge >= 0.3 is 5.97 Å². The summed E-state index contributed by atoms with van der Waals surface area (Å²) in [6, 6.07) is 6.78. The van der Waals surface area contributed by atoms with E-state index in [2.05, 4.69) is 10.3 Å². The number of hydrogen-bond acceptors (Lipinski definition) is 5. The molecule has 2 aromatic carbocycles. The number of aromatic nitrogens is 3. The van der Waals surface area contributed by atoms with Crippen molar-refractivity contribution in [3.05, 3.63) is 75.2 Å². The SMILES string of the molecule is Cc1cc(C(C)Nc2ccc(F)cc2C(N)=O)c2c(c1)c(=O)n(C)c1c(C(=O)O)ncn21. The molecule has 0 aliphatic rings. The number of fused-ring (bicyclic) bond motifs is 3. The average Bonchev–Trinajstić information content (AvgIpc) is 3.18. The number of nitrogens with two attached hydrogens (primary N) is 1. The molecule has 32 heavy (non-hydrogen) atoms. The maximum atomic E-state index is 13.6. The number of aryl methyl sites for hydroxylation is 2. The summed E-state index contributed by atoms with van der Waals surface area (Å²) in [4.78, 5) is 40.5. The fraction of sp³-hybridized carbons (Fsp3) is 0.182. The Morgan fingerprint density at radius 2 is 1.97 bits per heavy atom. The van der Waals surface area contributed by atoms with E-state index in [0.29, 0.717) is 22.2 Å². The van der Waals surface area contributed by atoms with Gasteiger partial charge in [-0.25, -0.2) is 14.2 Å². The lowest BCUT2D eigenvalue weighted by molar-refractivity contribution is 0.0692. The van der Waals surface area contributed by atoms with Gasteiger partial charge in [-0.05, 0) is 49.2 Å². The third kappa shape index (κ3) is 3.25. The van der Waals surface area contributed by atoms with E-state index in [9.17, 15) is 23.9 Å². The predicted octanol–water partition coefficient (Wildman–Crippen LogP) is 2.60. The van der Waals surface area contributed by atoms with Crippen LogP contribution in [-0.4, -0.2) is 30.9 Å². The summed E-state index contributed by atoms with van der Waals surface area (Å²) in [5, 5.41) is 13.0. The monoisotopic (exact) mass is 437 g/mol. The zero-order valence-electron chi connectivity index (χ0n) is 17.5.